The van der Waals surface area contributed by atoms with Gasteiger partial charge in [0.05, 0.1) is 7.11 Å². The highest BCUT2D eigenvalue weighted by molar-refractivity contribution is 8.01. The maximum atomic E-state index is 12.4. The Hall–Kier alpha value is -2.22. The molecule has 3 rings (SSSR count). The molecule has 0 spiro atoms. The lowest BCUT2D eigenvalue weighted by Crippen LogP contribution is -2.71. The summed E-state index contributed by atoms with van der Waals surface area (Å²) in [6.07, 6.45) is 0. The number of hydrogen-bond donors (Lipinski definition) is 1. The Morgan fingerprint density at radius 3 is 2.60 bits per heavy atom. The molecule has 1 N–H and O–H groups in total. The molecule has 25 heavy (non-hydrogen) atoms. The molecule has 8 heteroatoms. The van der Waals surface area contributed by atoms with Gasteiger partial charge in [0.2, 0.25) is 5.91 Å². The van der Waals surface area contributed by atoms with E-state index in [1.807, 2.05) is 32.0 Å². The van der Waals surface area contributed by atoms with Crippen molar-refractivity contribution in [3.05, 3.63) is 30.3 Å². The highest BCUT2D eigenvalue weighted by atomic mass is 32.2. The van der Waals surface area contributed by atoms with Crippen LogP contribution in [0.25, 0.3) is 0 Å². The number of nitrogens with one attached hydrogen (secondary N) is 1. The number of rotatable bonds is 5. The first-order valence-corrected chi connectivity index (χ1v) is 8.78. The quantitative estimate of drug-likeness (QED) is 0.614. The predicted molar refractivity (Wildman–Crippen MR) is 92.0 cm³/mol. The van der Waals surface area contributed by atoms with Gasteiger partial charge in [0.15, 0.2) is 6.61 Å². The van der Waals surface area contributed by atoms with Crippen LogP contribution in [0, 0.1) is 0 Å². The molecular formula is C17H20N2O5S. The first kappa shape index (κ1) is 17.6. The van der Waals surface area contributed by atoms with Gasteiger partial charge in [-0.3, -0.25) is 9.59 Å². The minimum absolute atomic E-state index is 0.172. The van der Waals surface area contributed by atoms with Gasteiger partial charge >= 0.3 is 5.97 Å². The lowest BCUT2D eigenvalue weighted by Gasteiger charge is -2.43. The minimum atomic E-state index is -0.647. The second kappa shape index (κ2) is 6.59. The Morgan fingerprint density at radius 2 is 1.96 bits per heavy atom. The van der Waals surface area contributed by atoms with Crippen LogP contribution in [-0.4, -0.2) is 58.6 Å². The average Bonchev–Trinajstić information content (AvgIpc) is 2.86. The topological polar surface area (TPSA) is 84.9 Å². The SMILES string of the molecule is COC(=O)[C@@H]1N2C(=O)[C@@H](NC(=O)COc3ccccc3)[C@@H]2SC1(C)C. The summed E-state index contributed by atoms with van der Waals surface area (Å²) in [5.74, 6) is -0.500. The molecule has 2 heterocycles. The second-order valence-electron chi connectivity index (χ2n) is 6.43. The number of ether oxygens (including phenoxy) is 2. The molecule has 0 bridgehead atoms. The molecular weight excluding hydrogens is 344 g/mol. The third kappa shape index (κ3) is 3.18. The highest BCUT2D eigenvalue weighted by Crippen LogP contribution is 2.50. The fourth-order valence-electron chi connectivity index (χ4n) is 3.12. The third-order valence-corrected chi connectivity index (χ3v) is 5.87. The Labute approximate surface area is 150 Å². The summed E-state index contributed by atoms with van der Waals surface area (Å²) in [4.78, 5) is 38.0. The predicted octanol–water partition coefficient (Wildman–Crippen LogP) is 0.786. The van der Waals surface area contributed by atoms with E-state index >= 15 is 0 Å². The van der Waals surface area contributed by atoms with Crippen molar-refractivity contribution in [1.82, 2.24) is 10.2 Å². The summed E-state index contributed by atoms with van der Waals surface area (Å²) >= 11 is 1.49. The van der Waals surface area contributed by atoms with Gasteiger partial charge in [-0.2, -0.15) is 0 Å². The first-order chi connectivity index (χ1) is 11.8. The van der Waals surface area contributed by atoms with E-state index in [9.17, 15) is 14.4 Å². The van der Waals surface area contributed by atoms with Crippen LogP contribution in [0.15, 0.2) is 30.3 Å². The largest absolute Gasteiger partial charge is 0.484 e. The number of para-hydroxylation sites is 1. The maximum absolute atomic E-state index is 12.4. The summed E-state index contributed by atoms with van der Waals surface area (Å²) in [5, 5.41) is 2.42. The van der Waals surface area contributed by atoms with E-state index in [0.29, 0.717) is 5.75 Å². The van der Waals surface area contributed by atoms with Gasteiger partial charge in [0.25, 0.3) is 5.91 Å². The van der Waals surface area contributed by atoms with Gasteiger partial charge in [0, 0.05) is 4.75 Å². The van der Waals surface area contributed by atoms with E-state index in [1.54, 1.807) is 12.1 Å². The van der Waals surface area contributed by atoms with Gasteiger partial charge in [-0.25, -0.2) is 4.79 Å². The monoisotopic (exact) mass is 364 g/mol. The van der Waals surface area contributed by atoms with E-state index < -0.39 is 22.8 Å². The standard InChI is InChI=1S/C17H20N2O5S/c1-17(2)13(16(22)23-3)19-14(21)12(15(19)25-17)18-11(20)9-24-10-7-5-4-6-8-10/h4-8,12-13,15H,9H2,1-3H3,(H,18,20)/t12-,13+,15+/m1/s1. The second-order valence-corrected chi connectivity index (χ2v) is 8.20. The number of nitrogens with zero attached hydrogens (tertiary/aromatic N) is 1. The fourth-order valence-corrected chi connectivity index (χ4v) is 4.74. The molecule has 2 amide bonds. The van der Waals surface area contributed by atoms with E-state index in [2.05, 4.69) is 5.32 Å². The molecule has 2 aliphatic heterocycles. The van der Waals surface area contributed by atoms with Crippen molar-refractivity contribution in [2.75, 3.05) is 13.7 Å². The van der Waals surface area contributed by atoms with Gasteiger partial charge in [-0.15, -0.1) is 11.8 Å². The van der Waals surface area contributed by atoms with Gasteiger partial charge in [0.1, 0.15) is 23.2 Å². The average molecular weight is 364 g/mol. The molecule has 1 aromatic carbocycles. The summed E-state index contributed by atoms with van der Waals surface area (Å²) < 4.78 is 9.73. The van der Waals surface area contributed by atoms with Crippen molar-refractivity contribution in [2.45, 2.75) is 36.1 Å². The number of fused-ring (bicyclic) bond motifs is 1. The van der Waals surface area contributed by atoms with E-state index in [4.69, 9.17) is 9.47 Å². The van der Waals surface area contributed by atoms with Crippen LogP contribution in [-0.2, 0) is 19.1 Å². The Bertz CT molecular complexity index is 694. The van der Waals surface area contributed by atoms with Crippen molar-refractivity contribution in [1.29, 1.82) is 0 Å². The molecule has 2 fully saturated rings. The number of amides is 2. The zero-order chi connectivity index (χ0) is 18.2. The molecule has 7 nitrogen and oxygen atoms in total. The number of methoxy groups -OCH3 is 1. The molecule has 0 aliphatic carbocycles. The molecule has 2 saturated heterocycles. The van der Waals surface area contributed by atoms with Crippen LogP contribution in [0.1, 0.15) is 13.8 Å². The number of benzene rings is 1. The Morgan fingerprint density at radius 1 is 1.28 bits per heavy atom. The van der Waals surface area contributed by atoms with Crippen LogP contribution in [0.5, 0.6) is 5.75 Å². The lowest BCUT2D eigenvalue weighted by atomic mass is 9.96. The first-order valence-electron chi connectivity index (χ1n) is 7.90. The summed E-state index contributed by atoms with van der Waals surface area (Å²) in [5.41, 5.74) is 0. The molecule has 0 aromatic heterocycles. The summed E-state index contributed by atoms with van der Waals surface area (Å²) in [6.45, 7) is 3.61. The molecule has 0 saturated carbocycles. The molecule has 0 unspecified atom stereocenters. The van der Waals surface area contributed by atoms with Crippen LogP contribution >= 0.6 is 11.8 Å². The smallest absolute Gasteiger partial charge is 0.330 e. The molecule has 134 valence electrons. The molecule has 3 atom stereocenters. The molecule has 0 radical (unpaired) electrons. The number of carbonyl (C=O) groups is 3. The number of esters is 1. The van der Waals surface area contributed by atoms with Gasteiger partial charge < -0.3 is 19.7 Å². The summed E-state index contributed by atoms with van der Waals surface area (Å²) in [6, 6.07) is 7.68. The van der Waals surface area contributed by atoms with Crippen LogP contribution in [0.4, 0.5) is 0 Å². The van der Waals surface area contributed by atoms with E-state index in [-0.39, 0.29) is 23.8 Å². The normalized spacial score (nSPS) is 26.4. The molecule has 1 aromatic rings. The summed E-state index contributed by atoms with van der Waals surface area (Å²) in [7, 11) is 1.31. The molecule has 2 aliphatic rings. The number of hydrogen-bond acceptors (Lipinski definition) is 6. The van der Waals surface area contributed by atoms with E-state index in [0.717, 1.165) is 0 Å². The number of β-lactam (4-membered cyclic amide) rings is 1. The minimum Gasteiger partial charge on any atom is -0.484 e. The maximum Gasteiger partial charge on any atom is 0.330 e. The van der Waals surface area contributed by atoms with E-state index in [1.165, 1.54) is 23.8 Å². The van der Waals surface area contributed by atoms with Gasteiger partial charge in [-0.1, -0.05) is 18.2 Å². The van der Waals surface area contributed by atoms with Crippen molar-refractivity contribution >= 4 is 29.5 Å². The zero-order valence-corrected chi connectivity index (χ0v) is 15.0. The van der Waals surface area contributed by atoms with Crippen LogP contribution in [0.3, 0.4) is 0 Å². The fraction of sp³-hybridized carbons (Fsp3) is 0.471. The third-order valence-electron chi connectivity index (χ3n) is 4.30. The van der Waals surface area contributed by atoms with Crippen molar-refractivity contribution < 1.29 is 23.9 Å². The number of thioether (sulfide) groups is 1. The van der Waals surface area contributed by atoms with Gasteiger partial charge in [-0.05, 0) is 26.0 Å². The Kier molecular flexibility index (Phi) is 4.64. The van der Waals surface area contributed by atoms with Crippen LogP contribution < -0.4 is 10.1 Å². The van der Waals surface area contributed by atoms with Crippen molar-refractivity contribution in [3.63, 3.8) is 0 Å². The van der Waals surface area contributed by atoms with Crippen LogP contribution in [0.2, 0.25) is 0 Å². The lowest BCUT2D eigenvalue weighted by molar-refractivity contribution is -0.162. The van der Waals surface area contributed by atoms with Crippen molar-refractivity contribution in [3.8, 4) is 5.75 Å². The number of carbonyl (C=O) groups excluding carboxylic acids is 3. The highest BCUT2D eigenvalue weighted by Gasteiger charge is 2.64. The zero-order valence-electron chi connectivity index (χ0n) is 14.2. The Balaban J connectivity index is 1.59. The van der Waals surface area contributed by atoms with Crippen molar-refractivity contribution in [2.24, 2.45) is 0 Å².